The maximum absolute atomic E-state index is 5.79. The van der Waals surface area contributed by atoms with Crippen molar-refractivity contribution < 1.29 is 4.74 Å². The van der Waals surface area contributed by atoms with Crippen LogP contribution in [0.3, 0.4) is 0 Å². The van der Waals surface area contributed by atoms with E-state index in [0.29, 0.717) is 6.61 Å². The zero-order chi connectivity index (χ0) is 17.6. The fourth-order valence-corrected chi connectivity index (χ4v) is 3.29. The normalized spacial score (nSPS) is 11.1. The second-order valence-electron chi connectivity index (χ2n) is 5.70. The Morgan fingerprint density at radius 2 is 1.69 bits per heavy atom. The molecule has 4 nitrogen and oxygen atoms in total. The van der Waals surface area contributed by atoms with Crippen molar-refractivity contribution >= 4 is 32.9 Å². The van der Waals surface area contributed by atoms with Crippen molar-refractivity contribution in [3.63, 3.8) is 0 Å². The van der Waals surface area contributed by atoms with Crippen molar-refractivity contribution in [2.45, 2.75) is 6.61 Å². The van der Waals surface area contributed by atoms with Crippen molar-refractivity contribution in [3.8, 4) is 5.75 Å². The molecule has 1 heterocycles. The van der Waals surface area contributed by atoms with Gasteiger partial charge in [-0.15, -0.1) is 0 Å². The van der Waals surface area contributed by atoms with Gasteiger partial charge in [0.2, 0.25) is 5.13 Å². The van der Waals surface area contributed by atoms with E-state index in [2.05, 4.69) is 33.7 Å². The topological polar surface area (TPSA) is 46.5 Å². The second-order valence-corrected chi connectivity index (χ2v) is 6.73. The number of aromatic nitrogens is 1. The largest absolute Gasteiger partial charge is 0.489 e. The van der Waals surface area contributed by atoms with Gasteiger partial charge in [0, 0.05) is 0 Å². The van der Waals surface area contributed by atoms with E-state index in [1.54, 1.807) is 17.6 Å². The van der Waals surface area contributed by atoms with Gasteiger partial charge < -0.3 is 4.74 Å². The Morgan fingerprint density at radius 3 is 2.50 bits per heavy atom. The average Bonchev–Trinajstić information content (AvgIpc) is 3.11. The summed E-state index contributed by atoms with van der Waals surface area (Å²) in [6.07, 6.45) is 1.77. The van der Waals surface area contributed by atoms with Gasteiger partial charge >= 0.3 is 0 Å². The fourth-order valence-electron chi connectivity index (χ4n) is 2.47. The molecule has 0 amide bonds. The van der Waals surface area contributed by atoms with E-state index in [1.807, 2.05) is 60.7 Å². The van der Waals surface area contributed by atoms with Gasteiger partial charge in [-0.25, -0.2) is 4.98 Å². The third-order valence-electron chi connectivity index (χ3n) is 3.80. The summed E-state index contributed by atoms with van der Waals surface area (Å²) in [7, 11) is 0. The molecule has 5 heteroatoms. The van der Waals surface area contributed by atoms with Gasteiger partial charge in [-0.1, -0.05) is 53.8 Å². The molecule has 0 atom stereocenters. The zero-order valence-electron chi connectivity index (χ0n) is 14.0. The first kappa shape index (κ1) is 16.3. The molecule has 1 aromatic heterocycles. The molecule has 0 aliphatic rings. The SMILES string of the molecule is C(=NNc1nc2ccccc2s1)c1ccc(OCc2ccccc2)cc1. The van der Waals surface area contributed by atoms with Crippen LogP contribution in [0.4, 0.5) is 5.13 Å². The number of hydrogen-bond donors (Lipinski definition) is 1. The molecule has 0 radical (unpaired) electrons. The van der Waals surface area contributed by atoms with Gasteiger partial charge in [0.1, 0.15) is 12.4 Å². The molecule has 4 rings (SSSR count). The number of nitrogens with zero attached hydrogens (tertiary/aromatic N) is 2. The third kappa shape index (κ3) is 4.07. The number of rotatable bonds is 6. The second kappa shape index (κ2) is 7.80. The number of thiazole rings is 1. The summed E-state index contributed by atoms with van der Waals surface area (Å²) < 4.78 is 6.93. The molecule has 0 fully saturated rings. The van der Waals surface area contributed by atoms with E-state index < -0.39 is 0 Å². The maximum atomic E-state index is 5.79. The quantitative estimate of drug-likeness (QED) is 0.374. The molecule has 0 aliphatic heterocycles. The van der Waals surface area contributed by atoms with Crippen molar-refractivity contribution in [2.24, 2.45) is 5.10 Å². The molecule has 0 spiro atoms. The van der Waals surface area contributed by atoms with E-state index in [-0.39, 0.29) is 0 Å². The number of nitrogens with one attached hydrogen (secondary N) is 1. The minimum Gasteiger partial charge on any atom is -0.489 e. The number of hydrazone groups is 1. The summed E-state index contributed by atoms with van der Waals surface area (Å²) in [5, 5.41) is 5.05. The van der Waals surface area contributed by atoms with Crippen molar-refractivity contribution in [1.29, 1.82) is 0 Å². The lowest BCUT2D eigenvalue weighted by Crippen LogP contribution is -1.95. The predicted octanol–water partition coefficient (Wildman–Crippen LogP) is 5.32. The van der Waals surface area contributed by atoms with Crippen LogP contribution in [0.5, 0.6) is 5.75 Å². The zero-order valence-corrected chi connectivity index (χ0v) is 14.8. The van der Waals surface area contributed by atoms with Gasteiger partial charge in [-0.2, -0.15) is 5.10 Å². The van der Waals surface area contributed by atoms with Gasteiger partial charge in [-0.05, 0) is 47.5 Å². The van der Waals surface area contributed by atoms with Gasteiger partial charge in [-0.3, -0.25) is 5.43 Å². The number of anilines is 1. The fraction of sp³-hybridized carbons (Fsp3) is 0.0476. The van der Waals surface area contributed by atoms with E-state index >= 15 is 0 Å². The lowest BCUT2D eigenvalue weighted by molar-refractivity contribution is 0.306. The number of hydrogen-bond acceptors (Lipinski definition) is 5. The van der Waals surface area contributed by atoms with Crippen LogP contribution in [0.25, 0.3) is 10.2 Å². The minimum atomic E-state index is 0.563. The molecule has 128 valence electrons. The highest BCUT2D eigenvalue weighted by molar-refractivity contribution is 7.22. The summed E-state index contributed by atoms with van der Waals surface area (Å²) in [6, 6.07) is 26.0. The van der Waals surface area contributed by atoms with Crippen molar-refractivity contribution in [3.05, 3.63) is 90.0 Å². The highest BCUT2D eigenvalue weighted by Crippen LogP contribution is 2.25. The van der Waals surface area contributed by atoms with Crippen molar-refractivity contribution in [2.75, 3.05) is 5.43 Å². The van der Waals surface area contributed by atoms with Crippen LogP contribution in [0.2, 0.25) is 0 Å². The minimum absolute atomic E-state index is 0.563. The van der Waals surface area contributed by atoms with Crippen LogP contribution in [-0.2, 0) is 6.61 Å². The number of para-hydroxylation sites is 1. The monoisotopic (exact) mass is 359 g/mol. The molecular formula is C21H17N3OS. The Bertz CT molecular complexity index is 977. The Kier molecular flexibility index (Phi) is 4.89. The molecule has 1 N–H and O–H groups in total. The summed E-state index contributed by atoms with van der Waals surface area (Å²) in [4.78, 5) is 4.48. The maximum Gasteiger partial charge on any atom is 0.204 e. The Hall–Kier alpha value is -3.18. The summed E-state index contributed by atoms with van der Waals surface area (Å²) in [5.41, 5.74) is 6.11. The van der Waals surface area contributed by atoms with Crippen molar-refractivity contribution in [1.82, 2.24) is 4.98 Å². The molecule has 0 saturated heterocycles. The molecule has 26 heavy (non-hydrogen) atoms. The lowest BCUT2D eigenvalue weighted by Gasteiger charge is -2.06. The number of ether oxygens (including phenoxy) is 1. The Labute approximate surface area is 155 Å². The van der Waals surface area contributed by atoms with Crippen LogP contribution in [0, 0.1) is 0 Å². The lowest BCUT2D eigenvalue weighted by atomic mass is 10.2. The Balaban J connectivity index is 1.34. The van der Waals surface area contributed by atoms with Gasteiger partial charge in [0.25, 0.3) is 0 Å². The van der Waals surface area contributed by atoms with Crippen LogP contribution in [-0.4, -0.2) is 11.2 Å². The van der Waals surface area contributed by atoms with E-state index in [4.69, 9.17) is 4.74 Å². The highest BCUT2D eigenvalue weighted by Gasteiger charge is 2.01. The Morgan fingerprint density at radius 1 is 0.923 bits per heavy atom. The summed E-state index contributed by atoms with van der Waals surface area (Å²) in [6.45, 7) is 0.563. The first-order valence-electron chi connectivity index (χ1n) is 8.28. The summed E-state index contributed by atoms with van der Waals surface area (Å²) in [5.74, 6) is 0.838. The number of fused-ring (bicyclic) bond motifs is 1. The van der Waals surface area contributed by atoms with Crippen LogP contribution in [0.1, 0.15) is 11.1 Å². The van der Waals surface area contributed by atoms with E-state index in [9.17, 15) is 0 Å². The van der Waals surface area contributed by atoms with Gasteiger partial charge in [0.05, 0.1) is 16.4 Å². The standard InChI is InChI=1S/C21H17N3OS/c1-2-6-17(7-3-1)15-25-18-12-10-16(11-13-18)14-22-24-21-23-19-8-4-5-9-20(19)26-21/h1-14H,15H2,(H,23,24). The molecular weight excluding hydrogens is 342 g/mol. The predicted molar refractivity (Wildman–Crippen MR) is 108 cm³/mol. The smallest absolute Gasteiger partial charge is 0.204 e. The summed E-state index contributed by atoms with van der Waals surface area (Å²) >= 11 is 1.58. The molecule has 0 saturated carbocycles. The van der Waals surface area contributed by atoms with Crippen LogP contribution < -0.4 is 10.2 Å². The van der Waals surface area contributed by atoms with E-state index in [1.165, 1.54) is 0 Å². The highest BCUT2D eigenvalue weighted by atomic mass is 32.1. The van der Waals surface area contributed by atoms with Crippen LogP contribution in [0.15, 0.2) is 84.0 Å². The first-order chi connectivity index (χ1) is 12.9. The van der Waals surface area contributed by atoms with Gasteiger partial charge in [0.15, 0.2) is 0 Å². The number of benzene rings is 3. The molecule has 0 unspecified atom stereocenters. The average molecular weight is 359 g/mol. The molecule has 0 bridgehead atoms. The van der Waals surface area contributed by atoms with Crippen LogP contribution >= 0.6 is 11.3 Å². The molecule has 4 aromatic rings. The molecule has 0 aliphatic carbocycles. The third-order valence-corrected chi connectivity index (χ3v) is 4.74. The first-order valence-corrected chi connectivity index (χ1v) is 9.10. The van der Waals surface area contributed by atoms with E-state index in [0.717, 1.165) is 32.2 Å². The molecule has 3 aromatic carbocycles.